The number of carbonyl (C=O) groups is 2. The second-order valence-corrected chi connectivity index (χ2v) is 7.69. The number of halogens is 1. The van der Waals surface area contributed by atoms with Crippen molar-refractivity contribution in [1.29, 1.82) is 0 Å². The van der Waals surface area contributed by atoms with E-state index < -0.39 is 5.54 Å². The van der Waals surface area contributed by atoms with Crippen LogP contribution in [-0.4, -0.2) is 35.5 Å². The van der Waals surface area contributed by atoms with Crippen LogP contribution < -0.4 is 10.6 Å². The molecule has 5 nitrogen and oxygen atoms in total. The number of hydrogen-bond acceptors (Lipinski definition) is 4. The highest BCUT2D eigenvalue weighted by molar-refractivity contribution is 7.16. The molecule has 0 bridgehead atoms. The van der Waals surface area contributed by atoms with Gasteiger partial charge in [-0.2, -0.15) is 0 Å². The number of amides is 3. The van der Waals surface area contributed by atoms with E-state index in [-0.39, 0.29) is 17.9 Å². The van der Waals surface area contributed by atoms with Crippen LogP contribution in [-0.2, 0) is 11.3 Å². The Kier molecular flexibility index (Phi) is 3.94. The SMILES string of the molecule is CC1(C2CCCN(Cc3ccc(Cl)s3)C2)NC(=O)NC1=O. The lowest BCUT2D eigenvalue weighted by Crippen LogP contribution is -2.55. The summed E-state index contributed by atoms with van der Waals surface area (Å²) < 4.78 is 0.799. The van der Waals surface area contributed by atoms with E-state index in [1.54, 1.807) is 11.3 Å². The van der Waals surface area contributed by atoms with E-state index in [9.17, 15) is 9.59 Å². The molecule has 0 radical (unpaired) electrons. The Morgan fingerprint density at radius 1 is 1.48 bits per heavy atom. The van der Waals surface area contributed by atoms with Crippen LogP contribution in [0.25, 0.3) is 0 Å². The molecular formula is C14H18ClN3O2S. The molecule has 7 heteroatoms. The maximum atomic E-state index is 12.0. The predicted octanol–water partition coefficient (Wildman–Crippen LogP) is 2.21. The highest BCUT2D eigenvalue weighted by atomic mass is 35.5. The van der Waals surface area contributed by atoms with Gasteiger partial charge in [-0.25, -0.2) is 4.79 Å². The largest absolute Gasteiger partial charge is 0.323 e. The van der Waals surface area contributed by atoms with Gasteiger partial charge in [-0.3, -0.25) is 15.0 Å². The summed E-state index contributed by atoms with van der Waals surface area (Å²) in [4.78, 5) is 27.0. The number of nitrogens with zero attached hydrogens (tertiary/aromatic N) is 1. The van der Waals surface area contributed by atoms with Crippen LogP contribution in [0.1, 0.15) is 24.6 Å². The van der Waals surface area contributed by atoms with Crippen molar-refractivity contribution in [3.05, 3.63) is 21.3 Å². The van der Waals surface area contributed by atoms with Gasteiger partial charge in [0.25, 0.3) is 5.91 Å². The molecule has 3 amide bonds. The highest BCUT2D eigenvalue weighted by Crippen LogP contribution is 2.31. The third-order valence-corrected chi connectivity index (χ3v) is 5.62. The highest BCUT2D eigenvalue weighted by Gasteiger charge is 2.48. The Morgan fingerprint density at radius 3 is 2.90 bits per heavy atom. The fraction of sp³-hybridized carbons (Fsp3) is 0.571. The maximum absolute atomic E-state index is 12.0. The average molecular weight is 328 g/mol. The normalized spacial score (nSPS) is 30.3. The molecule has 0 aliphatic carbocycles. The Bertz CT molecular complexity index is 576. The first kappa shape index (κ1) is 14.8. The van der Waals surface area contributed by atoms with E-state index in [4.69, 9.17) is 11.6 Å². The Balaban J connectivity index is 1.68. The van der Waals surface area contributed by atoms with Gasteiger partial charge < -0.3 is 5.32 Å². The molecule has 2 N–H and O–H groups in total. The molecule has 0 saturated carbocycles. The number of nitrogens with one attached hydrogen (secondary N) is 2. The standard InChI is InChI=1S/C14H18ClN3O2S/c1-14(12(19)16-13(20)17-14)9-3-2-6-18(7-9)8-10-4-5-11(15)21-10/h4-5,9H,2-3,6-8H2,1H3,(H2,16,17,19,20). The summed E-state index contributed by atoms with van der Waals surface area (Å²) in [5.74, 6) is -0.0772. The van der Waals surface area contributed by atoms with Crippen molar-refractivity contribution in [2.45, 2.75) is 31.8 Å². The lowest BCUT2D eigenvalue weighted by atomic mass is 9.80. The second kappa shape index (κ2) is 5.59. The molecule has 0 aromatic carbocycles. The van der Waals surface area contributed by atoms with Gasteiger partial charge in [-0.15, -0.1) is 11.3 Å². The summed E-state index contributed by atoms with van der Waals surface area (Å²) in [7, 11) is 0. The van der Waals surface area contributed by atoms with Crippen LogP contribution in [0.3, 0.4) is 0 Å². The molecule has 3 heterocycles. The van der Waals surface area contributed by atoms with Gasteiger partial charge in [0.15, 0.2) is 0 Å². The average Bonchev–Trinajstić information content (AvgIpc) is 2.94. The quantitative estimate of drug-likeness (QED) is 0.837. The van der Waals surface area contributed by atoms with E-state index >= 15 is 0 Å². The number of rotatable bonds is 3. The van der Waals surface area contributed by atoms with Gasteiger partial charge in [-0.05, 0) is 38.4 Å². The first-order chi connectivity index (χ1) is 9.97. The first-order valence-corrected chi connectivity index (χ1v) is 8.27. The van der Waals surface area contributed by atoms with Crippen LogP contribution in [0, 0.1) is 5.92 Å². The maximum Gasteiger partial charge on any atom is 0.322 e. The topological polar surface area (TPSA) is 61.4 Å². The molecule has 0 spiro atoms. The number of imide groups is 1. The zero-order chi connectivity index (χ0) is 15.0. The third-order valence-electron chi connectivity index (χ3n) is 4.40. The van der Waals surface area contributed by atoms with Gasteiger partial charge in [0, 0.05) is 23.9 Å². The van der Waals surface area contributed by atoms with Gasteiger partial charge in [0.2, 0.25) is 0 Å². The number of carbonyl (C=O) groups excluding carboxylic acids is 2. The molecule has 2 unspecified atom stereocenters. The van der Waals surface area contributed by atoms with Crippen molar-refractivity contribution in [3.8, 4) is 0 Å². The van der Waals surface area contributed by atoms with Crippen molar-refractivity contribution in [2.75, 3.05) is 13.1 Å². The molecule has 114 valence electrons. The molecule has 1 aromatic rings. The zero-order valence-electron chi connectivity index (χ0n) is 11.8. The van der Waals surface area contributed by atoms with E-state index in [0.29, 0.717) is 0 Å². The van der Waals surface area contributed by atoms with E-state index in [1.807, 2.05) is 19.1 Å². The smallest absolute Gasteiger partial charge is 0.322 e. The van der Waals surface area contributed by atoms with Gasteiger partial charge in [-0.1, -0.05) is 11.6 Å². The summed E-state index contributed by atoms with van der Waals surface area (Å²) in [6, 6.07) is 3.57. The third kappa shape index (κ3) is 2.93. The molecular weight excluding hydrogens is 310 g/mol. The van der Waals surface area contributed by atoms with Gasteiger partial charge >= 0.3 is 6.03 Å². The van der Waals surface area contributed by atoms with Gasteiger partial charge in [0.05, 0.1) is 4.34 Å². The fourth-order valence-electron chi connectivity index (χ4n) is 3.17. The molecule has 2 atom stereocenters. The molecule has 1 aromatic heterocycles. The number of thiophene rings is 1. The van der Waals surface area contributed by atoms with E-state index in [2.05, 4.69) is 15.5 Å². The summed E-state index contributed by atoms with van der Waals surface area (Å²) in [6.45, 7) is 4.49. The summed E-state index contributed by atoms with van der Waals surface area (Å²) in [6.07, 6.45) is 1.98. The summed E-state index contributed by atoms with van der Waals surface area (Å²) in [5.41, 5.74) is -0.789. The van der Waals surface area contributed by atoms with Crippen LogP contribution in [0.5, 0.6) is 0 Å². The molecule has 2 fully saturated rings. The van der Waals surface area contributed by atoms with Crippen molar-refractivity contribution < 1.29 is 9.59 Å². The van der Waals surface area contributed by atoms with E-state index in [0.717, 1.165) is 36.8 Å². The van der Waals surface area contributed by atoms with Crippen molar-refractivity contribution >= 4 is 34.9 Å². The zero-order valence-corrected chi connectivity index (χ0v) is 13.4. The van der Waals surface area contributed by atoms with Crippen molar-refractivity contribution in [2.24, 2.45) is 5.92 Å². The molecule has 3 rings (SSSR count). The van der Waals surface area contributed by atoms with Crippen LogP contribution in [0.4, 0.5) is 4.79 Å². The lowest BCUT2D eigenvalue weighted by molar-refractivity contribution is -0.126. The second-order valence-electron chi connectivity index (χ2n) is 5.89. The minimum absolute atomic E-state index is 0.133. The predicted molar refractivity (Wildman–Crippen MR) is 82.4 cm³/mol. The minimum atomic E-state index is -0.789. The van der Waals surface area contributed by atoms with Crippen LogP contribution in [0.2, 0.25) is 4.34 Å². The number of likely N-dealkylation sites (tertiary alicyclic amines) is 1. The lowest BCUT2D eigenvalue weighted by Gasteiger charge is -2.39. The number of piperidine rings is 1. The Morgan fingerprint density at radius 2 is 2.29 bits per heavy atom. The molecule has 2 aliphatic rings. The molecule has 21 heavy (non-hydrogen) atoms. The first-order valence-electron chi connectivity index (χ1n) is 7.07. The molecule has 2 aliphatic heterocycles. The monoisotopic (exact) mass is 327 g/mol. The van der Waals surface area contributed by atoms with Crippen LogP contribution in [0.15, 0.2) is 12.1 Å². The Hall–Kier alpha value is -1.11. The summed E-state index contributed by atoms with van der Waals surface area (Å²) in [5, 5.41) is 5.14. The van der Waals surface area contributed by atoms with Crippen molar-refractivity contribution in [1.82, 2.24) is 15.5 Å². The number of hydrogen-bond donors (Lipinski definition) is 2. The minimum Gasteiger partial charge on any atom is -0.323 e. The number of urea groups is 1. The van der Waals surface area contributed by atoms with E-state index in [1.165, 1.54) is 4.88 Å². The van der Waals surface area contributed by atoms with Crippen molar-refractivity contribution in [3.63, 3.8) is 0 Å². The molecule has 2 saturated heterocycles. The van der Waals surface area contributed by atoms with Crippen LogP contribution >= 0.6 is 22.9 Å². The Labute approximate surface area is 132 Å². The van der Waals surface area contributed by atoms with Gasteiger partial charge in [0.1, 0.15) is 5.54 Å². The summed E-state index contributed by atoms with van der Waals surface area (Å²) >= 11 is 7.56. The fourth-order valence-corrected chi connectivity index (χ4v) is 4.30.